The van der Waals surface area contributed by atoms with Crippen LogP contribution in [0.25, 0.3) is 0 Å². The monoisotopic (exact) mass is 338 g/mol. The molecule has 0 amide bonds. The molecule has 6 nitrogen and oxygen atoms in total. The first-order valence-corrected chi connectivity index (χ1v) is 7.88. The van der Waals surface area contributed by atoms with Gasteiger partial charge >= 0.3 is 5.97 Å². The number of hydrogen-bond acceptors (Lipinski definition) is 4. The fraction of sp³-hybridized carbons (Fsp3) is 0.417. The Kier molecular flexibility index (Phi) is 6.09. The van der Waals surface area contributed by atoms with Gasteiger partial charge in [-0.1, -0.05) is 11.6 Å². The lowest BCUT2D eigenvalue weighted by atomic mass is 10.2. The van der Waals surface area contributed by atoms with Crippen molar-refractivity contribution in [2.45, 2.75) is 11.3 Å². The predicted molar refractivity (Wildman–Crippen MR) is 76.7 cm³/mol. The second-order valence-electron chi connectivity index (χ2n) is 4.63. The van der Waals surface area contributed by atoms with Gasteiger partial charge in [0.25, 0.3) is 0 Å². The molecule has 0 fully saturated rings. The van der Waals surface area contributed by atoms with Gasteiger partial charge in [0.05, 0.1) is 5.56 Å². The van der Waals surface area contributed by atoms with Crippen LogP contribution in [-0.2, 0) is 10.0 Å². The number of aromatic carboxylic acids is 1. The van der Waals surface area contributed by atoms with Crippen LogP contribution in [-0.4, -0.2) is 51.6 Å². The number of hydrogen-bond donors (Lipinski definition) is 2. The van der Waals surface area contributed by atoms with Crippen molar-refractivity contribution < 1.29 is 22.7 Å². The van der Waals surface area contributed by atoms with Crippen LogP contribution in [0.15, 0.2) is 17.0 Å². The van der Waals surface area contributed by atoms with Crippen molar-refractivity contribution in [1.29, 1.82) is 0 Å². The summed E-state index contributed by atoms with van der Waals surface area (Å²) >= 11 is 5.65. The van der Waals surface area contributed by atoms with Gasteiger partial charge in [-0.25, -0.2) is 22.3 Å². The molecular weight excluding hydrogens is 323 g/mol. The number of carboxylic acid groups (broad SMARTS) is 1. The summed E-state index contributed by atoms with van der Waals surface area (Å²) in [5.41, 5.74) is -0.781. The van der Waals surface area contributed by atoms with Crippen LogP contribution in [0.1, 0.15) is 16.8 Å². The summed E-state index contributed by atoms with van der Waals surface area (Å²) in [6, 6.07) is 1.75. The largest absolute Gasteiger partial charge is 0.478 e. The van der Waals surface area contributed by atoms with Crippen LogP contribution in [0.5, 0.6) is 0 Å². The maximum Gasteiger partial charge on any atom is 0.338 e. The van der Waals surface area contributed by atoms with E-state index >= 15 is 0 Å². The SMILES string of the molecule is CN(C)CCCNS(=O)(=O)c1cc(Cl)cc(C(=O)O)c1F. The molecule has 2 N–H and O–H groups in total. The van der Waals surface area contributed by atoms with Gasteiger partial charge in [-0.2, -0.15) is 0 Å². The van der Waals surface area contributed by atoms with E-state index in [1.54, 1.807) is 0 Å². The van der Waals surface area contributed by atoms with Gasteiger partial charge in [0.15, 0.2) is 5.82 Å². The molecule has 0 bridgehead atoms. The zero-order valence-corrected chi connectivity index (χ0v) is 13.1. The molecule has 1 aromatic carbocycles. The predicted octanol–water partition coefficient (Wildman–Crippen LogP) is 1.41. The summed E-state index contributed by atoms with van der Waals surface area (Å²) in [7, 11) is -0.484. The van der Waals surface area contributed by atoms with Crippen molar-refractivity contribution in [3.8, 4) is 0 Å². The Labute approximate surface area is 127 Å². The molecule has 0 aromatic heterocycles. The summed E-state index contributed by atoms with van der Waals surface area (Å²) in [6.07, 6.45) is 0.528. The highest BCUT2D eigenvalue weighted by Gasteiger charge is 2.24. The number of nitrogens with one attached hydrogen (secondary N) is 1. The first-order valence-electron chi connectivity index (χ1n) is 6.02. The number of carbonyl (C=O) groups is 1. The fourth-order valence-electron chi connectivity index (χ4n) is 1.59. The molecule has 1 aromatic rings. The van der Waals surface area contributed by atoms with E-state index in [1.165, 1.54) is 0 Å². The van der Waals surface area contributed by atoms with Crippen LogP contribution in [0.3, 0.4) is 0 Å². The normalized spacial score (nSPS) is 11.9. The minimum atomic E-state index is -4.16. The maximum absolute atomic E-state index is 14.0. The molecule has 0 unspecified atom stereocenters. The summed E-state index contributed by atoms with van der Waals surface area (Å²) in [4.78, 5) is 12.0. The van der Waals surface area contributed by atoms with Gasteiger partial charge in [0, 0.05) is 11.6 Å². The fourth-order valence-corrected chi connectivity index (χ4v) is 3.07. The van der Waals surface area contributed by atoms with Crippen molar-refractivity contribution in [3.63, 3.8) is 0 Å². The van der Waals surface area contributed by atoms with Crippen molar-refractivity contribution in [2.75, 3.05) is 27.2 Å². The van der Waals surface area contributed by atoms with Crippen molar-refractivity contribution in [1.82, 2.24) is 9.62 Å². The molecule has 0 aliphatic heterocycles. The molecule has 118 valence electrons. The van der Waals surface area contributed by atoms with Crippen molar-refractivity contribution in [2.24, 2.45) is 0 Å². The number of benzene rings is 1. The average Bonchev–Trinajstić information content (AvgIpc) is 2.36. The molecule has 0 atom stereocenters. The lowest BCUT2D eigenvalue weighted by Crippen LogP contribution is -2.28. The average molecular weight is 339 g/mol. The third-order valence-corrected chi connectivity index (χ3v) is 4.28. The Morgan fingerprint density at radius 1 is 1.43 bits per heavy atom. The van der Waals surface area contributed by atoms with E-state index in [0.29, 0.717) is 13.0 Å². The Morgan fingerprint density at radius 3 is 2.57 bits per heavy atom. The highest BCUT2D eigenvalue weighted by atomic mass is 35.5. The van der Waals surface area contributed by atoms with E-state index in [2.05, 4.69) is 4.72 Å². The van der Waals surface area contributed by atoms with Crippen LogP contribution >= 0.6 is 11.6 Å². The zero-order chi connectivity index (χ0) is 16.2. The second-order valence-corrected chi connectivity index (χ2v) is 6.80. The quantitative estimate of drug-likeness (QED) is 0.734. The van der Waals surface area contributed by atoms with E-state index < -0.39 is 32.3 Å². The first kappa shape index (κ1) is 17.8. The first-order chi connectivity index (χ1) is 9.65. The molecule has 0 spiro atoms. The van der Waals surface area contributed by atoms with Gasteiger partial charge in [-0.05, 0) is 39.2 Å². The highest BCUT2D eigenvalue weighted by Crippen LogP contribution is 2.23. The van der Waals surface area contributed by atoms with Crippen LogP contribution in [0, 0.1) is 5.82 Å². The van der Waals surface area contributed by atoms with Gasteiger partial charge in [0.2, 0.25) is 10.0 Å². The summed E-state index contributed by atoms with van der Waals surface area (Å²) in [6.45, 7) is 0.760. The Bertz CT molecular complexity index is 634. The Balaban J connectivity index is 3.00. The van der Waals surface area contributed by atoms with Gasteiger partial charge in [-0.3, -0.25) is 0 Å². The summed E-state index contributed by atoms with van der Waals surface area (Å²) < 4.78 is 40.2. The smallest absolute Gasteiger partial charge is 0.338 e. The lowest BCUT2D eigenvalue weighted by molar-refractivity contribution is 0.0691. The van der Waals surface area contributed by atoms with E-state index in [1.807, 2.05) is 19.0 Å². The maximum atomic E-state index is 14.0. The van der Waals surface area contributed by atoms with Crippen molar-refractivity contribution >= 4 is 27.6 Å². The molecule has 0 aliphatic carbocycles. The molecule has 0 radical (unpaired) electrons. The standard InChI is InChI=1S/C12H16ClFN2O4S/c1-16(2)5-3-4-15-21(19,20)10-7-8(13)6-9(11(10)14)12(17)18/h6-7,15H,3-5H2,1-2H3,(H,17,18). The van der Waals surface area contributed by atoms with Crippen LogP contribution in [0.4, 0.5) is 4.39 Å². The molecule has 0 aliphatic rings. The zero-order valence-electron chi connectivity index (χ0n) is 11.6. The van der Waals surface area contributed by atoms with Gasteiger partial charge < -0.3 is 10.0 Å². The van der Waals surface area contributed by atoms with Crippen LogP contribution < -0.4 is 4.72 Å². The summed E-state index contributed by atoms with van der Waals surface area (Å²) in [5.74, 6) is -2.91. The van der Waals surface area contributed by atoms with E-state index in [-0.39, 0.29) is 11.6 Å². The number of carboxylic acids is 1. The van der Waals surface area contributed by atoms with E-state index in [4.69, 9.17) is 16.7 Å². The van der Waals surface area contributed by atoms with E-state index in [0.717, 1.165) is 12.1 Å². The molecular formula is C12H16ClFN2O4S. The van der Waals surface area contributed by atoms with Gasteiger partial charge in [-0.15, -0.1) is 0 Å². The Morgan fingerprint density at radius 2 is 2.05 bits per heavy atom. The number of nitrogens with zero attached hydrogens (tertiary/aromatic N) is 1. The number of halogens is 2. The molecule has 1 rings (SSSR count). The van der Waals surface area contributed by atoms with Crippen LogP contribution in [0.2, 0.25) is 5.02 Å². The molecule has 0 heterocycles. The van der Waals surface area contributed by atoms with Crippen molar-refractivity contribution in [3.05, 3.63) is 28.5 Å². The van der Waals surface area contributed by atoms with Gasteiger partial charge in [0.1, 0.15) is 4.90 Å². The number of rotatable bonds is 7. The number of sulfonamides is 1. The highest BCUT2D eigenvalue weighted by molar-refractivity contribution is 7.89. The molecule has 0 saturated carbocycles. The molecule has 21 heavy (non-hydrogen) atoms. The molecule has 9 heteroatoms. The lowest BCUT2D eigenvalue weighted by Gasteiger charge is -2.11. The minimum absolute atomic E-state index is 0.106. The molecule has 0 saturated heterocycles. The third-order valence-electron chi connectivity index (χ3n) is 2.60. The summed E-state index contributed by atoms with van der Waals surface area (Å²) in [5, 5.41) is 8.67. The Hall–Kier alpha value is -1.22. The topological polar surface area (TPSA) is 86.7 Å². The second kappa shape index (κ2) is 7.17. The minimum Gasteiger partial charge on any atom is -0.478 e. The van der Waals surface area contributed by atoms with E-state index in [9.17, 15) is 17.6 Å². The third kappa shape index (κ3) is 4.92.